The normalized spacial score (nSPS) is 24.1. The Kier molecular flexibility index (Phi) is 5.06. The van der Waals surface area contributed by atoms with Crippen LogP contribution in [0.4, 0.5) is 0 Å². The highest BCUT2D eigenvalue weighted by molar-refractivity contribution is 7.89. The van der Waals surface area contributed by atoms with Crippen molar-refractivity contribution in [3.8, 4) is 5.75 Å². The zero-order chi connectivity index (χ0) is 23.6. The topological polar surface area (TPSA) is 100 Å². The number of aryl methyl sites for hydroxylation is 1. The number of azo groups is 1. The van der Waals surface area contributed by atoms with Crippen molar-refractivity contribution >= 4 is 15.8 Å². The molecule has 0 amide bonds. The van der Waals surface area contributed by atoms with E-state index < -0.39 is 15.4 Å². The molecular formula is C24H30N4O4S. The Balaban J connectivity index is 1.49. The standard InChI is InChI=1S/C24H30N4O4S/c1-15-5-6-16(32-4)11-20(15)33(30,31)28-9-7-24(8-10-28)17-14-25-27-22(17)26-18-12-23(2,3)13-19(29)21(18)24/h5-6,11,26H,7-10,12-14H2,1-4H3. The van der Waals surface area contributed by atoms with Crippen LogP contribution in [0, 0.1) is 17.8 Å². The highest BCUT2D eigenvalue weighted by atomic mass is 32.2. The van der Waals surface area contributed by atoms with Gasteiger partial charge in [-0.2, -0.15) is 9.42 Å². The zero-order valence-electron chi connectivity index (χ0n) is 19.6. The Hall–Kier alpha value is -2.52. The predicted octanol–water partition coefficient (Wildman–Crippen LogP) is 3.70. The summed E-state index contributed by atoms with van der Waals surface area (Å²) in [4.78, 5) is 13.7. The second-order valence-corrected chi connectivity index (χ2v) is 12.2. The molecule has 0 radical (unpaired) electrons. The molecule has 1 aromatic carbocycles. The van der Waals surface area contributed by atoms with Crippen LogP contribution in [0.25, 0.3) is 0 Å². The number of Topliss-reactive ketones (excluding diaryl/α,β-unsaturated/α-hetero) is 1. The van der Waals surface area contributed by atoms with Crippen LogP contribution in [0.2, 0.25) is 0 Å². The number of dihydropyridines is 1. The summed E-state index contributed by atoms with van der Waals surface area (Å²) in [5, 5.41) is 12.0. The monoisotopic (exact) mass is 470 g/mol. The van der Waals surface area contributed by atoms with E-state index >= 15 is 0 Å². The fourth-order valence-corrected chi connectivity index (χ4v) is 7.53. The maximum Gasteiger partial charge on any atom is 0.243 e. The Bertz CT molecular complexity index is 1230. The van der Waals surface area contributed by atoms with Gasteiger partial charge in [0.2, 0.25) is 10.0 Å². The molecule has 1 saturated heterocycles. The van der Waals surface area contributed by atoms with Crippen LogP contribution in [0.3, 0.4) is 0 Å². The predicted molar refractivity (Wildman–Crippen MR) is 123 cm³/mol. The van der Waals surface area contributed by atoms with Crippen molar-refractivity contribution in [1.82, 2.24) is 9.62 Å². The molecule has 1 N–H and O–H groups in total. The van der Waals surface area contributed by atoms with E-state index in [2.05, 4.69) is 29.4 Å². The van der Waals surface area contributed by atoms with Crippen molar-refractivity contribution in [2.24, 2.45) is 21.1 Å². The fourth-order valence-electron chi connectivity index (χ4n) is 5.85. The number of benzene rings is 1. The molecule has 1 aromatic rings. The van der Waals surface area contributed by atoms with E-state index in [1.54, 1.807) is 29.4 Å². The first-order valence-electron chi connectivity index (χ1n) is 11.4. The van der Waals surface area contributed by atoms with Crippen LogP contribution in [-0.4, -0.2) is 45.3 Å². The maximum atomic E-state index is 13.5. The number of hydrogen-bond acceptors (Lipinski definition) is 7. The number of hydrogen-bond donors (Lipinski definition) is 1. The Morgan fingerprint density at radius 2 is 1.88 bits per heavy atom. The molecule has 33 heavy (non-hydrogen) atoms. The van der Waals surface area contributed by atoms with Crippen molar-refractivity contribution in [1.29, 1.82) is 0 Å². The first-order chi connectivity index (χ1) is 15.6. The van der Waals surface area contributed by atoms with Gasteiger partial charge in [0.05, 0.1) is 18.6 Å². The molecule has 3 aliphatic heterocycles. The lowest BCUT2D eigenvalue weighted by Crippen LogP contribution is -2.50. The lowest BCUT2D eigenvalue weighted by Gasteiger charge is -2.48. The van der Waals surface area contributed by atoms with Gasteiger partial charge in [-0.3, -0.25) is 4.79 Å². The van der Waals surface area contributed by atoms with E-state index in [1.807, 2.05) is 0 Å². The van der Waals surface area contributed by atoms with Gasteiger partial charge in [0, 0.05) is 47.8 Å². The summed E-state index contributed by atoms with van der Waals surface area (Å²) in [5.41, 5.74) is 2.88. The highest BCUT2D eigenvalue weighted by Crippen LogP contribution is 2.55. The zero-order valence-corrected chi connectivity index (χ0v) is 20.4. The SMILES string of the molecule is COc1ccc(C)c(S(=O)(=O)N2CCC3(CC2)C2=C(N=NC2)NC2=C3C(=O)CC(C)(C)C2)c1. The second-order valence-electron chi connectivity index (χ2n) is 10.3. The number of nitrogens with one attached hydrogen (secondary N) is 1. The van der Waals surface area contributed by atoms with E-state index in [1.165, 1.54) is 7.11 Å². The minimum atomic E-state index is -3.69. The lowest BCUT2D eigenvalue weighted by molar-refractivity contribution is -0.119. The van der Waals surface area contributed by atoms with Gasteiger partial charge in [0.15, 0.2) is 11.6 Å². The number of allylic oxidation sites excluding steroid dienone is 2. The average molecular weight is 471 g/mol. The lowest BCUT2D eigenvalue weighted by atomic mass is 9.60. The van der Waals surface area contributed by atoms with Crippen molar-refractivity contribution in [2.45, 2.75) is 51.3 Å². The smallest absolute Gasteiger partial charge is 0.243 e. The molecule has 5 rings (SSSR count). The third-order valence-corrected chi connectivity index (χ3v) is 9.52. The van der Waals surface area contributed by atoms with E-state index in [9.17, 15) is 13.2 Å². The summed E-state index contributed by atoms with van der Waals surface area (Å²) in [7, 11) is -2.16. The molecule has 8 nitrogen and oxygen atoms in total. The molecule has 0 unspecified atom stereocenters. The van der Waals surface area contributed by atoms with Crippen LogP contribution in [0.1, 0.15) is 45.1 Å². The summed E-state index contributed by atoms with van der Waals surface area (Å²) < 4.78 is 33.9. The first kappa shape index (κ1) is 22.3. The number of rotatable bonds is 3. The van der Waals surface area contributed by atoms with Gasteiger partial charge in [0.1, 0.15) is 5.75 Å². The number of carbonyl (C=O) groups is 1. The van der Waals surface area contributed by atoms with Crippen LogP contribution < -0.4 is 10.1 Å². The summed E-state index contributed by atoms with van der Waals surface area (Å²) in [6.07, 6.45) is 2.36. The van der Waals surface area contributed by atoms with Gasteiger partial charge >= 0.3 is 0 Å². The largest absolute Gasteiger partial charge is 0.497 e. The fraction of sp³-hybridized carbons (Fsp3) is 0.542. The summed E-state index contributed by atoms with van der Waals surface area (Å²) in [6, 6.07) is 5.12. The van der Waals surface area contributed by atoms with Crippen molar-refractivity contribution in [3.63, 3.8) is 0 Å². The minimum Gasteiger partial charge on any atom is -0.497 e. The summed E-state index contributed by atoms with van der Waals surface area (Å²) in [6.45, 7) is 7.14. The molecule has 0 atom stereocenters. The van der Waals surface area contributed by atoms with Gasteiger partial charge in [-0.15, -0.1) is 5.11 Å². The van der Waals surface area contributed by atoms with Gasteiger partial charge in [0.25, 0.3) is 0 Å². The Morgan fingerprint density at radius 3 is 2.58 bits per heavy atom. The number of ketones is 1. The van der Waals surface area contributed by atoms with Crippen molar-refractivity contribution in [2.75, 3.05) is 26.7 Å². The van der Waals surface area contributed by atoms with Crippen molar-refractivity contribution < 1.29 is 17.9 Å². The molecule has 1 fully saturated rings. The molecule has 0 bridgehead atoms. The number of carbonyl (C=O) groups excluding carboxylic acids is 1. The maximum absolute atomic E-state index is 13.5. The van der Waals surface area contributed by atoms with Crippen LogP contribution in [0.15, 0.2) is 56.0 Å². The third kappa shape index (κ3) is 3.44. The average Bonchev–Trinajstić information content (AvgIpc) is 3.22. The highest BCUT2D eigenvalue weighted by Gasteiger charge is 2.53. The number of sulfonamides is 1. The van der Waals surface area contributed by atoms with Crippen LogP contribution >= 0.6 is 0 Å². The number of methoxy groups -OCH3 is 1. The van der Waals surface area contributed by atoms with Gasteiger partial charge in [-0.05, 0) is 43.2 Å². The molecule has 0 aromatic heterocycles. The van der Waals surface area contributed by atoms with E-state index in [-0.39, 0.29) is 16.1 Å². The number of piperidine rings is 1. The van der Waals surface area contributed by atoms with Gasteiger partial charge in [-0.1, -0.05) is 19.9 Å². The van der Waals surface area contributed by atoms with Crippen LogP contribution in [0.5, 0.6) is 5.75 Å². The molecule has 4 aliphatic rings. The quantitative estimate of drug-likeness (QED) is 0.726. The van der Waals surface area contributed by atoms with E-state index in [4.69, 9.17) is 4.74 Å². The van der Waals surface area contributed by atoms with E-state index in [0.717, 1.165) is 29.1 Å². The van der Waals surface area contributed by atoms with Gasteiger partial charge < -0.3 is 10.1 Å². The molecule has 1 aliphatic carbocycles. The first-order valence-corrected chi connectivity index (χ1v) is 12.8. The molecule has 9 heteroatoms. The second kappa shape index (κ2) is 7.50. The van der Waals surface area contributed by atoms with E-state index in [0.29, 0.717) is 50.2 Å². The Morgan fingerprint density at radius 1 is 1.15 bits per heavy atom. The Labute approximate surface area is 194 Å². The number of nitrogens with zero attached hydrogens (tertiary/aromatic N) is 3. The molecular weight excluding hydrogens is 440 g/mol. The van der Waals surface area contributed by atoms with Gasteiger partial charge in [-0.25, -0.2) is 8.42 Å². The molecule has 1 spiro atoms. The summed E-state index contributed by atoms with van der Waals surface area (Å²) >= 11 is 0. The molecule has 3 heterocycles. The number of ether oxygens (including phenoxy) is 1. The number of fused-ring (bicyclic) bond motifs is 2. The van der Waals surface area contributed by atoms with Crippen LogP contribution in [-0.2, 0) is 14.8 Å². The molecule has 0 saturated carbocycles. The molecule has 176 valence electrons. The minimum absolute atomic E-state index is 0.119. The third-order valence-electron chi connectivity index (χ3n) is 7.48. The summed E-state index contributed by atoms with van der Waals surface area (Å²) in [5.74, 6) is 1.42. The van der Waals surface area contributed by atoms with Crippen molar-refractivity contribution in [3.05, 3.63) is 46.4 Å².